The lowest BCUT2D eigenvalue weighted by molar-refractivity contribution is -0.126. The van der Waals surface area contributed by atoms with Crippen molar-refractivity contribution in [1.82, 2.24) is 10.2 Å². The largest absolute Gasteiger partial charge is 0.454 e. The van der Waals surface area contributed by atoms with Gasteiger partial charge in [-0.3, -0.25) is 9.59 Å². The molecule has 6 heteroatoms. The van der Waals surface area contributed by atoms with E-state index in [0.717, 1.165) is 12.8 Å². The summed E-state index contributed by atoms with van der Waals surface area (Å²) in [6.45, 7) is 5.21. The van der Waals surface area contributed by atoms with Crippen LogP contribution in [0.1, 0.15) is 37.0 Å². The Labute approximate surface area is 135 Å². The van der Waals surface area contributed by atoms with Crippen molar-refractivity contribution in [2.45, 2.75) is 32.7 Å². The average molecular weight is 318 g/mol. The molecule has 0 bridgehead atoms. The van der Waals surface area contributed by atoms with Gasteiger partial charge in [-0.1, -0.05) is 0 Å². The molecule has 23 heavy (non-hydrogen) atoms. The minimum absolute atomic E-state index is 0.0307. The number of benzene rings is 1. The van der Waals surface area contributed by atoms with Gasteiger partial charge in [0.1, 0.15) is 0 Å². The van der Waals surface area contributed by atoms with E-state index in [1.165, 1.54) is 0 Å². The maximum atomic E-state index is 12.7. The number of fused-ring (bicyclic) bond motifs is 1. The van der Waals surface area contributed by atoms with Crippen molar-refractivity contribution >= 4 is 11.8 Å². The summed E-state index contributed by atoms with van der Waals surface area (Å²) < 4.78 is 10.6. The standard InChI is InChI=1S/C17H22N2O4/c1-11(2)18-16(20)13-4-3-7-19(9-13)17(21)12-5-6-14-15(8-12)23-10-22-14/h5-6,8,11,13H,3-4,7,9-10H2,1-2H3,(H,18,20)/t13-/m0/s1. The monoisotopic (exact) mass is 318 g/mol. The third-order valence-electron chi connectivity index (χ3n) is 4.13. The quantitative estimate of drug-likeness (QED) is 0.922. The van der Waals surface area contributed by atoms with E-state index in [1.54, 1.807) is 23.1 Å². The Kier molecular flexibility index (Phi) is 4.41. The summed E-state index contributed by atoms with van der Waals surface area (Å²) >= 11 is 0. The molecule has 2 heterocycles. The number of piperidine rings is 1. The fraction of sp³-hybridized carbons (Fsp3) is 0.529. The van der Waals surface area contributed by atoms with Gasteiger partial charge in [-0.2, -0.15) is 0 Å². The van der Waals surface area contributed by atoms with Gasteiger partial charge in [0.15, 0.2) is 11.5 Å². The first-order chi connectivity index (χ1) is 11.0. The van der Waals surface area contributed by atoms with Crippen LogP contribution >= 0.6 is 0 Å². The maximum absolute atomic E-state index is 12.7. The maximum Gasteiger partial charge on any atom is 0.254 e. The number of ether oxygens (including phenoxy) is 2. The van der Waals surface area contributed by atoms with Crippen molar-refractivity contribution in [2.24, 2.45) is 5.92 Å². The molecule has 0 spiro atoms. The molecular formula is C17H22N2O4. The van der Waals surface area contributed by atoms with E-state index < -0.39 is 0 Å². The Bertz CT molecular complexity index is 615. The zero-order chi connectivity index (χ0) is 16.4. The number of rotatable bonds is 3. The number of nitrogens with zero attached hydrogens (tertiary/aromatic N) is 1. The average Bonchev–Trinajstić information content (AvgIpc) is 3.01. The van der Waals surface area contributed by atoms with Crippen LogP contribution in [0.2, 0.25) is 0 Å². The molecule has 1 fully saturated rings. The first kappa shape index (κ1) is 15.6. The number of nitrogens with one attached hydrogen (secondary N) is 1. The molecule has 1 aromatic rings. The molecule has 1 atom stereocenters. The highest BCUT2D eigenvalue weighted by molar-refractivity contribution is 5.95. The van der Waals surface area contributed by atoms with Gasteiger partial charge < -0.3 is 19.7 Å². The van der Waals surface area contributed by atoms with E-state index in [-0.39, 0.29) is 30.6 Å². The molecule has 1 aromatic carbocycles. The molecule has 0 radical (unpaired) electrons. The molecule has 0 saturated carbocycles. The number of likely N-dealkylation sites (tertiary alicyclic amines) is 1. The lowest BCUT2D eigenvalue weighted by atomic mass is 9.96. The smallest absolute Gasteiger partial charge is 0.254 e. The van der Waals surface area contributed by atoms with Crippen molar-refractivity contribution < 1.29 is 19.1 Å². The van der Waals surface area contributed by atoms with Crippen LogP contribution in [-0.2, 0) is 4.79 Å². The van der Waals surface area contributed by atoms with Crippen LogP contribution in [0.5, 0.6) is 11.5 Å². The minimum Gasteiger partial charge on any atom is -0.454 e. The number of hydrogen-bond donors (Lipinski definition) is 1. The Balaban J connectivity index is 1.68. The number of hydrogen-bond acceptors (Lipinski definition) is 4. The molecule has 0 aliphatic carbocycles. The molecule has 2 aliphatic rings. The predicted molar refractivity (Wildman–Crippen MR) is 84.5 cm³/mol. The van der Waals surface area contributed by atoms with Gasteiger partial charge in [-0.15, -0.1) is 0 Å². The van der Waals surface area contributed by atoms with Gasteiger partial charge in [-0.25, -0.2) is 0 Å². The molecule has 0 aromatic heterocycles. The van der Waals surface area contributed by atoms with Gasteiger partial charge in [-0.05, 0) is 44.9 Å². The normalized spacial score (nSPS) is 19.8. The van der Waals surface area contributed by atoms with E-state index in [4.69, 9.17) is 9.47 Å². The second kappa shape index (κ2) is 6.48. The number of carbonyl (C=O) groups excluding carboxylic acids is 2. The second-order valence-electron chi connectivity index (χ2n) is 6.32. The first-order valence-electron chi connectivity index (χ1n) is 8.04. The van der Waals surface area contributed by atoms with E-state index in [2.05, 4.69) is 5.32 Å². The molecule has 1 N–H and O–H groups in total. The van der Waals surface area contributed by atoms with Crippen molar-refractivity contribution in [2.75, 3.05) is 19.9 Å². The van der Waals surface area contributed by atoms with Gasteiger partial charge in [0, 0.05) is 24.7 Å². The van der Waals surface area contributed by atoms with Crippen molar-refractivity contribution in [3.05, 3.63) is 23.8 Å². The van der Waals surface area contributed by atoms with Crippen molar-refractivity contribution in [1.29, 1.82) is 0 Å². The molecule has 2 amide bonds. The van der Waals surface area contributed by atoms with E-state index in [0.29, 0.717) is 30.2 Å². The lowest BCUT2D eigenvalue weighted by Gasteiger charge is -2.32. The van der Waals surface area contributed by atoms with Crippen LogP contribution in [0, 0.1) is 5.92 Å². The highest BCUT2D eigenvalue weighted by Crippen LogP contribution is 2.33. The van der Waals surface area contributed by atoms with Gasteiger partial charge >= 0.3 is 0 Å². The van der Waals surface area contributed by atoms with E-state index in [1.807, 2.05) is 13.8 Å². The molecule has 124 valence electrons. The summed E-state index contributed by atoms with van der Waals surface area (Å²) in [6, 6.07) is 5.32. The van der Waals surface area contributed by atoms with E-state index >= 15 is 0 Å². The lowest BCUT2D eigenvalue weighted by Crippen LogP contribution is -2.46. The highest BCUT2D eigenvalue weighted by atomic mass is 16.7. The van der Waals surface area contributed by atoms with Crippen LogP contribution in [-0.4, -0.2) is 42.6 Å². The number of amides is 2. The fourth-order valence-electron chi connectivity index (χ4n) is 2.99. The minimum atomic E-state index is -0.135. The Morgan fingerprint density at radius 1 is 1.26 bits per heavy atom. The molecule has 3 rings (SSSR count). The Morgan fingerprint density at radius 2 is 2.04 bits per heavy atom. The van der Waals surface area contributed by atoms with Crippen LogP contribution in [0.25, 0.3) is 0 Å². The summed E-state index contributed by atoms with van der Waals surface area (Å²) in [5.74, 6) is 1.09. The Morgan fingerprint density at radius 3 is 2.83 bits per heavy atom. The summed E-state index contributed by atoms with van der Waals surface area (Å²) in [7, 11) is 0. The van der Waals surface area contributed by atoms with Gasteiger partial charge in [0.2, 0.25) is 12.7 Å². The summed E-state index contributed by atoms with van der Waals surface area (Å²) in [5, 5.41) is 2.93. The van der Waals surface area contributed by atoms with E-state index in [9.17, 15) is 9.59 Å². The van der Waals surface area contributed by atoms with Crippen molar-refractivity contribution in [3.8, 4) is 11.5 Å². The Hall–Kier alpha value is -2.24. The molecule has 1 saturated heterocycles. The highest BCUT2D eigenvalue weighted by Gasteiger charge is 2.29. The predicted octanol–water partition coefficient (Wildman–Crippen LogP) is 1.79. The van der Waals surface area contributed by atoms with Gasteiger partial charge in [0.05, 0.1) is 5.92 Å². The molecule has 6 nitrogen and oxygen atoms in total. The third-order valence-corrected chi connectivity index (χ3v) is 4.13. The summed E-state index contributed by atoms with van der Waals surface area (Å²) in [4.78, 5) is 26.6. The first-order valence-corrected chi connectivity index (χ1v) is 8.04. The number of carbonyl (C=O) groups is 2. The molecule has 0 unspecified atom stereocenters. The SMILES string of the molecule is CC(C)NC(=O)[C@H]1CCCN(C(=O)c2ccc3c(c2)OCO3)C1. The van der Waals surface area contributed by atoms with Crippen LogP contribution < -0.4 is 14.8 Å². The third kappa shape index (κ3) is 3.41. The topological polar surface area (TPSA) is 67.9 Å². The van der Waals surface area contributed by atoms with Crippen molar-refractivity contribution in [3.63, 3.8) is 0 Å². The van der Waals surface area contributed by atoms with Crippen LogP contribution in [0.4, 0.5) is 0 Å². The fourth-order valence-corrected chi connectivity index (χ4v) is 2.99. The van der Waals surface area contributed by atoms with Crippen LogP contribution in [0.15, 0.2) is 18.2 Å². The molecular weight excluding hydrogens is 296 g/mol. The van der Waals surface area contributed by atoms with Crippen LogP contribution in [0.3, 0.4) is 0 Å². The second-order valence-corrected chi connectivity index (χ2v) is 6.32. The zero-order valence-electron chi connectivity index (χ0n) is 13.5. The zero-order valence-corrected chi connectivity index (χ0v) is 13.5. The molecule has 2 aliphatic heterocycles. The van der Waals surface area contributed by atoms with Gasteiger partial charge in [0.25, 0.3) is 5.91 Å². The summed E-state index contributed by atoms with van der Waals surface area (Å²) in [5.41, 5.74) is 0.569. The summed E-state index contributed by atoms with van der Waals surface area (Å²) in [6.07, 6.45) is 1.66.